The summed E-state index contributed by atoms with van der Waals surface area (Å²) in [5.41, 5.74) is 13.4. The van der Waals surface area contributed by atoms with Gasteiger partial charge in [0.25, 0.3) is 0 Å². The fraction of sp³-hybridized carbons (Fsp3) is 0.263. The number of unbranched alkanes of at least 4 members (excludes halogenated alkanes) is 1. The Kier molecular flexibility index (Phi) is 5.65. The van der Waals surface area contributed by atoms with E-state index in [0.717, 1.165) is 12.8 Å². The normalized spacial score (nSPS) is 11.0. The number of hydrogen-bond donors (Lipinski definition) is 2. The minimum absolute atomic E-state index is 0.0175. The Balaban J connectivity index is 2.35. The molecule has 6 nitrogen and oxygen atoms in total. The molecule has 0 saturated carbocycles. The standard InChI is InChI=1S/C19H20BrFN4O2/c1-3-4-7-27-18-15-14(9-13(22)17(18)26-2)24-19(23)25-16(15)11-6-5-10(20)8-12(11)21/h5-6,8-9H,3-4,7,22H2,1-2H3,(H2,23,24,25). The molecule has 0 radical (unpaired) electrons. The summed E-state index contributed by atoms with van der Waals surface area (Å²) in [4.78, 5) is 8.54. The Morgan fingerprint density at radius 1 is 1.15 bits per heavy atom. The second-order valence-electron chi connectivity index (χ2n) is 5.98. The first-order valence-corrected chi connectivity index (χ1v) is 9.27. The molecule has 3 aromatic rings. The highest BCUT2D eigenvalue weighted by atomic mass is 79.9. The van der Waals surface area contributed by atoms with Gasteiger partial charge < -0.3 is 20.9 Å². The molecule has 142 valence electrons. The van der Waals surface area contributed by atoms with Crippen LogP contribution in [0.3, 0.4) is 0 Å². The molecule has 8 heteroatoms. The van der Waals surface area contributed by atoms with E-state index in [-0.39, 0.29) is 11.5 Å². The lowest BCUT2D eigenvalue weighted by Gasteiger charge is -2.17. The number of nitrogens with zero attached hydrogens (tertiary/aromatic N) is 2. The molecule has 0 unspecified atom stereocenters. The van der Waals surface area contributed by atoms with E-state index >= 15 is 0 Å². The topological polar surface area (TPSA) is 96.3 Å². The Hall–Kier alpha value is -2.61. The predicted molar refractivity (Wildman–Crippen MR) is 108 cm³/mol. The third-order valence-corrected chi connectivity index (χ3v) is 4.57. The second-order valence-corrected chi connectivity index (χ2v) is 6.89. The maximum atomic E-state index is 14.7. The Morgan fingerprint density at radius 2 is 1.93 bits per heavy atom. The van der Waals surface area contributed by atoms with E-state index in [4.69, 9.17) is 20.9 Å². The first kappa shape index (κ1) is 19.2. The van der Waals surface area contributed by atoms with Crippen LogP contribution in [0.2, 0.25) is 0 Å². The van der Waals surface area contributed by atoms with E-state index in [2.05, 4.69) is 32.8 Å². The van der Waals surface area contributed by atoms with Crippen LogP contribution in [-0.4, -0.2) is 23.7 Å². The highest BCUT2D eigenvalue weighted by molar-refractivity contribution is 9.10. The number of hydrogen-bond acceptors (Lipinski definition) is 6. The van der Waals surface area contributed by atoms with Crippen LogP contribution < -0.4 is 20.9 Å². The van der Waals surface area contributed by atoms with Crippen molar-refractivity contribution in [3.05, 3.63) is 34.6 Å². The number of ether oxygens (including phenoxy) is 2. The summed E-state index contributed by atoms with van der Waals surface area (Å²) in [5.74, 6) is 0.326. The molecule has 27 heavy (non-hydrogen) atoms. The molecule has 0 bridgehead atoms. The van der Waals surface area contributed by atoms with Crippen molar-refractivity contribution in [2.45, 2.75) is 19.8 Å². The highest BCUT2D eigenvalue weighted by Crippen LogP contribution is 2.44. The SMILES string of the molecule is CCCCOc1c(OC)c(N)cc2nc(N)nc(-c3ccc(Br)cc3F)c12. The quantitative estimate of drug-likeness (QED) is 0.436. The summed E-state index contributed by atoms with van der Waals surface area (Å²) in [5, 5.41) is 0.507. The van der Waals surface area contributed by atoms with Gasteiger partial charge in [-0.15, -0.1) is 0 Å². The number of halogens is 2. The van der Waals surface area contributed by atoms with Gasteiger partial charge in [0.2, 0.25) is 5.95 Å². The van der Waals surface area contributed by atoms with Crippen molar-refractivity contribution in [3.8, 4) is 22.8 Å². The maximum Gasteiger partial charge on any atom is 0.221 e. The van der Waals surface area contributed by atoms with Gasteiger partial charge in [-0.3, -0.25) is 0 Å². The molecule has 3 rings (SSSR count). The van der Waals surface area contributed by atoms with Crippen molar-refractivity contribution in [1.29, 1.82) is 0 Å². The first-order valence-electron chi connectivity index (χ1n) is 8.48. The van der Waals surface area contributed by atoms with Gasteiger partial charge in [-0.05, 0) is 30.7 Å². The molecule has 1 aromatic heterocycles. The van der Waals surface area contributed by atoms with Crippen molar-refractivity contribution >= 4 is 38.5 Å². The highest BCUT2D eigenvalue weighted by Gasteiger charge is 2.22. The van der Waals surface area contributed by atoms with E-state index in [1.165, 1.54) is 13.2 Å². The van der Waals surface area contributed by atoms with Gasteiger partial charge in [0.1, 0.15) is 5.82 Å². The van der Waals surface area contributed by atoms with E-state index in [9.17, 15) is 4.39 Å². The van der Waals surface area contributed by atoms with Crippen molar-refractivity contribution in [3.63, 3.8) is 0 Å². The van der Waals surface area contributed by atoms with Gasteiger partial charge in [-0.2, -0.15) is 0 Å². The minimum atomic E-state index is -0.445. The molecule has 2 aromatic carbocycles. The van der Waals surface area contributed by atoms with Crippen LogP contribution in [0.1, 0.15) is 19.8 Å². The number of nitrogens with two attached hydrogens (primary N) is 2. The molecule has 0 atom stereocenters. The zero-order valence-corrected chi connectivity index (χ0v) is 16.6. The lowest BCUT2D eigenvalue weighted by atomic mass is 10.0. The monoisotopic (exact) mass is 434 g/mol. The van der Waals surface area contributed by atoms with Crippen LogP contribution in [-0.2, 0) is 0 Å². The summed E-state index contributed by atoms with van der Waals surface area (Å²) < 4.78 is 26.7. The first-order chi connectivity index (χ1) is 13.0. The second kappa shape index (κ2) is 7.96. The molecule has 0 spiro atoms. The van der Waals surface area contributed by atoms with Crippen LogP contribution in [0.4, 0.5) is 16.0 Å². The summed E-state index contributed by atoms with van der Waals surface area (Å²) in [6, 6.07) is 6.35. The number of methoxy groups -OCH3 is 1. The van der Waals surface area contributed by atoms with Gasteiger partial charge in [-0.25, -0.2) is 14.4 Å². The maximum absolute atomic E-state index is 14.7. The van der Waals surface area contributed by atoms with Crippen molar-refractivity contribution < 1.29 is 13.9 Å². The third-order valence-electron chi connectivity index (χ3n) is 4.08. The van der Waals surface area contributed by atoms with E-state index in [1.54, 1.807) is 18.2 Å². The molecule has 0 aliphatic rings. The fourth-order valence-electron chi connectivity index (χ4n) is 2.83. The number of aromatic nitrogens is 2. The molecule has 1 heterocycles. The van der Waals surface area contributed by atoms with Gasteiger partial charge in [0.05, 0.1) is 36.0 Å². The zero-order chi connectivity index (χ0) is 19.6. The molecule has 0 aliphatic heterocycles. The van der Waals surface area contributed by atoms with Crippen LogP contribution in [0.15, 0.2) is 28.7 Å². The van der Waals surface area contributed by atoms with Crippen LogP contribution >= 0.6 is 15.9 Å². The molecular weight excluding hydrogens is 415 g/mol. The summed E-state index contributed by atoms with van der Waals surface area (Å²) in [6.07, 6.45) is 1.80. The Morgan fingerprint density at radius 3 is 2.59 bits per heavy atom. The molecule has 0 amide bonds. The smallest absolute Gasteiger partial charge is 0.221 e. The summed E-state index contributed by atoms with van der Waals surface area (Å²) >= 11 is 3.26. The zero-order valence-electron chi connectivity index (χ0n) is 15.1. The van der Waals surface area contributed by atoms with Gasteiger partial charge in [-0.1, -0.05) is 29.3 Å². The molecule has 0 saturated heterocycles. The van der Waals surface area contributed by atoms with Crippen molar-refractivity contribution in [2.24, 2.45) is 0 Å². The van der Waals surface area contributed by atoms with Gasteiger partial charge in [0, 0.05) is 10.0 Å². The predicted octanol–water partition coefficient (Wildman–Crippen LogP) is 4.55. The van der Waals surface area contributed by atoms with Crippen molar-refractivity contribution in [2.75, 3.05) is 25.2 Å². The lowest BCUT2D eigenvalue weighted by Crippen LogP contribution is -2.06. The number of fused-ring (bicyclic) bond motifs is 1. The minimum Gasteiger partial charge on any atom is -0.491 e. The number of nitrogen functional groups attached to an aromatic ring is 2. The van der Waals surface area contributed by atoms with E-state index < -0.39 is 5.82 Å². The fourth-order valence-corrected chi connectivity index (χ4v) is 3.16. The van der Waals surface area contributed by atoms with Gasteiger partial charge in [0.15, 0.2) is 11.5 Å². The van der Waals surface area contributed by atoms with Crippen LogP contribution in [0.25, 0.3) is 22.2 Å². The van der Waals surface area contributed by atoms with E-state index in [1.807, 2.05) is 0 Å². The average molecular weight is 435 g/mol. The van der Waals surface area contributed by atoms with Crippen LogP contribution in [0.5, 0.6) is 11.5 Å². The van der Waals surface area contributed by atoms with Crippen LogP contribution in [0, 0.1) is 5.82 Å². The third kappa shape index (κ3) is 3.75. The summed E-state index contributed by atoms with van der Waals surface area (Å²) in [7, 11) is 1.50. The Labute approximate surface area is 164 Å². The summed E-state index contributed by atoms with van der Waals surface area (Å²) in [6.45, 7) is 2.52. The largest absolute Gasteiger partial charge is 0.491 e. The lowest BCUT2D eigenvalue weighted by molar-refractivity contribution is 0.292. The molecule has 0 aliphatic carbocycles. The number of benzene rings is 2. The Bertz CT molecular complexity index is 997. The molecular formula is C19H20BrFN4O2. The van der Waals surface area contributed by atoms with Crippen molar-refractivity contribution in [1.82, 2.24) is 9.97 Å². The average Bonchev–Trinajstić information content (AvgIpc) is 2.61. The molecule has 4 N–H and O–H groups in total. The number of anilines is 2. The van der Waals surface area contributed by atoms with E-state index in [0.29, 0.717) is 44.9 Å². The number of rotatable bonds is 6. The molecule has 0 fully saturated rings. The van der Waals surface area contributed by atoms with Gasteiger partial charge >= 0.3 is 0 Å².